The minimum atomic E-state index is 0.146. The van der Waals surface area contributed by atoms with Gasteiger partial charge in [-0.3, -0.25) is 4.90 Å². The predicted octanol–water partition coefficient (Wildman–Crippen LogP) is 4.14. The van der Waals surface area contributed by atoms with Crippen LogP contribution < -0.4 is 19.9 Å². The second kappa shape index (κ2) is 11.4. The Morgan fingerprint density at radius 3 is 2.82 bits per heavy atom. The summed E-state index contributed by atoms with van der Waals surface area (Å²) in [6.07, 6.45) is 3.74. The number of nitriles is 1. The molecule has 0 radical (unpaired) electrons. The van der Waals surface area contributed by atoms with Crippen molar-refractivity contribution in [3.63, 3.8) is 0 Å². The molecule has 6 rings (SSSR count). The fourth-order valence-corrected chi connectivity index (χ4v) is 6.56. The molecule has 204 valence electrons. The lowest BCUT2D eigenvalue weighted by Gasteiger charge is -2.37. The molecule has 0 aliphatic carbocycles. The number of hydrogen-bond acceptors (Lipinski definition) is 8. The largest absolute Gasteiger partial charge is 0.462 e. The van der Waals surface area contributed by atoms with Crippen LogP contribution in [0.3, 0.4) is 0 Å². The Kier molecular flexibility index (Phi) is 7.53. The van der Waals surface area contributed by atoms with E-state index in [0.29, 0.717) is 31.1 Å². The van der Waals surface area contributed by atoms with Gasteiger partial charge in [-0.2, -0.15) is 15.2 Å². The molecule has 2 atom stereocenters. The number of rotatable bonds is 7. The molecule has 0 bridgehead atoms. The fourth-order valence-electron chi connectivity index (χ4n) is 6.56. The standard InChI is InChI=1S/C31H39N7O/c1-22(2)38-16-6-9-25(38)21-39-31-34-28-20-36(29-11-5-8-23-7-3-4-10-26(23)29)17-13-27(28)30(35-31)37-18-15-33-24(19-37)12-14-32/h3-5,7-8,10-11,22,24-25,33H,6,9,12-13,15-21H2,1-2H3/t24-,25-/m0/s1. The maximum absolute atomic E-state index is 9.29. The molecule has 4 heterocycles. The van der Waals surface area contributed by atoms with Gasteiger partial charge >= 0.3 is 6.01 Å². The molecule has 3 aromatic rings. The van der Waals surface area contributed by atoms with Gasteiger partial charge in [0, 0.05) is 60.9 Å². The summed E-state index contributed by atoms with van der Waals surface area (Å²) in [5.41, 5.74) is 3.52. The Bertz CT molecular complexity index is 1350. The molecule has 3 aliphatic rings. The number of nitrogens with zero attached hydrogens (tertiary/aromatic N) is 6. The number of ether oxygens (including phenoxy) is 1. The number of likely N-dealkylation sites (tertiary alicyclic amines) is 1. The molecule has 39 heavy (non-hydrogen) atoms. The Morgan fingerprint density at radius 2 is 1.95 bits per heavy atom. The molecule has 0 saturated carbocycles. The molecular formula is C31H39N7O. The molecule has 2 aromatic carbocycles. The van der Waals surface area contributed by atoms with Crippen LogP contribution in [0.1, 0.15) is 44.4 Å². The van der Waals surface area contributed by atoms with Crippen LogP contribution >= 0.6 is 0 Å². The number of piperazine rings is 1. The summed E-state index contributed by atoms with van der Waals surface area (Å²) < 4.78 is 6.38. The summed E-state index contributed by atoms with van der Waals surface area (Å²) in [7, 11) is 0. The van der Waals surface area contributed by atoms with Gasteiger partial charge < -0.3 is 19.9 Å². The minimum absolute atomic E-state index is 0.146. The Morgan fingerprint density at radius 1 is 1.08 bits per heavy atom. The highest BCUT2D eigenvalue weighted by Crippen LogP contribution is 2.34. The lowest BCUT2D eigenvalue weighted by Crippen LogP contribution is -2.51. The molecule has 1 aromatic heterocycles. The van der Waals surface area contributed by atoms with Crippen molar-refractivity contribution < 1.29 is 4.74 Å². The molecule has 0 spiro atoms. The minimum Gasteiger partial charge on any atom is -0.462 e. The smallest absolute Gasteiger partial charge is 0.318 e. The molecule has 8 nitrogen and oxygen atoms in total. The zero-order valence-electron chi connectivity index (χ0n) is 23.1. The third kappa shape index (κ3) is 5.39. The van der Waals surface area contributed by atoms with Crippen molar-refractivity contribution in [1.29, 1.82) is 5.26 Å². The lowest BCUT2D eigenvalue weighted by molar-refractivity contribution is 0.138. The van der Waals surface area contributed by atoms with E-state index in [-0.39, 0.29) is 6.04 Å². The van der Waals surface area contributed by atoms with Crippen molar-refractivity contribution in [3.05, 3.63) is 53.7 Å². The van der Waals surface area contributed by atoms with Gasteiger partial charge in [-0.25, -0.2) is 0 Å². The number of fused-ring (bicyclic) bond motifs is 2. The SMILES string of the molecule is CC(C)N1CCC[C@H]1COc1nc2c(c(N3CCN[C@@H](CC#N)C3)n1)CCN(c1cccc3ccccc13)C2. The Balaban J connectivity index is 1.31. The molecular weight excluding hydrogens is 486 g/mol. The van der Waals surface area contributed by atoms with Gasteiger partial charge in [-0.1, -0.05) is 36.4 Å². The van der Waals surface area contributed by atoms with Gasteiger partial charge in [0.05, 0.1) is 24.7 Å². The molecule has 2 fully saturated rings. The van der Waals surface area contributed by atoms with E-state index in [1.165, 1.54) is 28.4 Å². The van der Waals surface area contributed by atoms with E-state index >= 15 is 0 Å². The van der Waals surface area contributed by atoms with Crippen LogP contribution in [0.4, 0.5) is 11.5 Å². The number of benzene rings is 2. The third-order valence-electron chi connectivity index (χ3n) is 8.51. The summed E-state index contributed by atoms with van der Waals surface area (Å²) >= 11 is 0. The Hall–Kier alpha value is -3.41. The first-order valence-electron chi connectivity index (χ1n) is 14.5. The van der Waals surface area contributed by atoms with E-state index in [9.17, 15) is 5.26 Å². The molecule has 3 aliphatic heterocycles. The summed E-state index contributed by atoms with van der Waals surface area (Å²) in [5.74, 6) is 0.990. The highest BCUT2D eigenvalue weighted by molar-refractivity contribution is 5.94. The van der Waals surface area contributed by atoms with E-state index in [0.717, 1.165) is 63.6 Å². The number of anilines is 2. The van der Waals surface area contributed by atoms with Crippen LogP contribution in [0.25, 0.3) is 10.8 Å². The summed E-state index contributed by atoms with van der Waals surface area (Å²) in [4.78, 5) is 17.4. The Labute approximate surface area is 231 Å². The number of aromatic nitrogens is 2. The van der Waals surface area contributed by atoms with Gasteiger partial charge in [0.2, 0.25) is 0 Å². The van der Waals surface area contributed by atoms with Gasteiger partial charge in [0.15, 0.2) is 0 Å². The van der Waals surface area contributed by atoms with Gasteiger partial charge in [-0.05, 0) is 51.1 Å². The maximum atomic E-state index is 9.29. The summed E-state index contributed by atoms with van der Waals surface area (Å²) in [6, 6.07) is 19.0. The maximum Gasteiger partial charge on any atom is 0.318 e. The first kappa shape index (κ1) is 25.8. The second-order valence-electron chi connectivity index (χ2n) is 11.3. The highest BCUT2D eigenvalue weighted by atomic mass is 16.5. The van der Waals surface area contributed by atoms with Crippen molar-refractivity contribution in [3.8, 4) is 12.1 Å². The van der Waals surface area contributed by atoms with Gasteiger partial charge in [0.1, 0.15) is 12.4 Å². The van der Waals surface area contributed by atoms with Crippen LogP contribution in [0.5, 0.6) is 6.01 Å². The lowest BCUT2D eigenvalue weighted by atomic mass is 10.0. The van der Waals surface area contributed by atoms with E-state index in [2.05, 4.69) is 82.4 Å². The number of hydrogen-bond donors (Lipinski definition) is 1. The fraction of sp³-hybridized carbons (Fsp3) is 0.516. The summed E-state index contributed by atoms with van der Waals surface area (Å²) in [6.45, 7) is 10.4. The first-order valence-corrected chi connectivity index (χ1v) is 14.5. The first-order chi connectivity index (χ1) is 19.1. The van der Waals surface area contributed by atoms with Crippen molar-refractivity contribution in [2.24, 2.45) is 0 Å². The average Bonchev–Trinajstić information content (AvgIpc) is 3.45. The predicted molar refractivity (Wildman–Crippen MR) is 155 cm³/mol. The second-order valence-corrected chi connectivity index (χ2v) is 11.3. The van der Waals surface area contributed by atoms with E-state index in [1.807, 2.05) is 0 Å². The zero-order valence-corrected chi connectivity index (χ0v) is 23.1. The van der Waals surface area contributed by atoms with Gasteiger partial charge in [-0.15, -0.1) is 0 Å². The van der Waals surface area contributed by atoms with E-state index in [1.54, 1.807) is 0 Å². The van der Waals surface area contributed by atoms with Crippen molar-refractivity contribution in [1.82, 2.24) is 20.2 Å². The molecule has 2 saturated heterocycles. The molecule has 1 N–H and O–H groups in total. The van der Waals surface area contributed by atoms with E-state index < -0.39 is 0 Å². The van der Waals surface area contributed by atoms with Crippen LogP contribution in [0.15, 0.2) is 42.5 Å². The normalized spacial score (nSPS) is 21.8. The third-order valence-corrected chi connectivity index (χ3v) is 8.51. The van der Waals surface area contributed by atoms with Crippen molar-refractivity contribution in [2.75, 3.05) is 49.1 Å². The van der Waals surface area contributed by atoms with Crippen molar-refractivity contribution in [2.45, 2.75) is 64.2 Å². The monoisotopic (exact) mass is 525 g/mol. The van der Waals surface area contributed by atoms with Crippen LogP contribution in [-0.2, 0) is 13.0 Å². The topological polar surface area (TPSA) is 80.5 Å². The zero-order chi connectivity index (χ0) is 26.8. The van der Waals surface area contributed by atoms with Crippen molar-refractivity contribution >= 4 is 22.3 Å². The highest BCUT2D eigenvalue weighted by Gasteiger charge is 2.31. The molecule has 8 heteroatoms. The quantitative estimate of drug-likeness (QED) is 0.493. The van der Waals surface area contributed by atoms with E-state index in [4.69, 9.17) is 14.7 Å². The average molecular weight is 526 g/mol. The van der Waals surface area contributed by atoms with Crippen LogP contribution in [-0.4, -0.2) is 72.3 Å². The summed E-state index contributed by atoms with van der Waals surface area (Å²) in [5, 5.41) is 15.3. The molecule has 0 amide bonds. The van der Waals surface area contributed by atoms with Gasteiger partial charge in [0.25, 0.3) is 0 Å². The van der Waals surface area contributed by atoms with Crippen LogP contribution in [0, 0.1) is 11.3 Å². The number of nitrogens with one attached hydrogen (secondary N) is 1. The molecule has 0 unspecified atom stereocenters. The van der Waals surface area contributed by atoms with Crippen LogP contribution in [0.2, 0.25) is 0 Å².